The number of benzene rings is 10. The van der Waals surface area contributed by atoms with Crippen LogP contribution in [0.1, 0.15) is 25.0 Å². The highest BCUT2D eigenvalue weighted by atomic mass is 32.1. The molecule has 3 heteroatoms. The van der Waals surface area contributed by atoms with Crippen molar-refractivity contribution < 1.29 is 4.42 Å². The van der Waals surface area contributed by atoms with Gasteiger partial charge in [0.1, 0.15) is 11.2 Å². The molecule has 0 radical (unpaired) electrons. The number of hydrogen-bond donors (Lipinski definition) is 0. The first-order valence-electron chi connectivity index (χ1n) is 22.8. The van der Waals surface area contributed by atoms with Crippen molar-refractivity contribution >= 4 is 124 Å². The van der Waals surface area contributed by atoms with E-state index in [0.717, 1.165) is 39.0 Å². The third kappa shape index (κ3) is 5.29. The van der Waals surface area contributed by atoms with Crippen LogP contribution >= 0.6 is 11.3 Å². The van der Waals surface area contributed by atoms with Crippen LogP contribution in [0, 0.1) is 0 Å². The Morgan fingerprint density at radius 1 is 0.364 bits per heavy atom. The molecule has 0 saturated heterocycles. The van der Waals surface area contributed by atoms with Crippen molar-refractivity contribution in [1.29, 1.82) is 0 Å². The number of anilines is 3. The number of hydrogen-bond acceptors (Lipinski definition) is 3. The van der Waals surface area contributed by atoms with Gasteiger partial charge >= 0.3 is 0 Å². The summed E-state index contributed by atoms with van der Waals surface area (Å²) in [5.74, 6) is 0. The van der Waals surface area contributed by atoms with Gasteiger partial charge in [-0.15, -0.1) is 11.3 Å². The molecule has 13 aromatic rings. The van der Waals surface area contributed by atoms with Gasteiger partial charge in [-0.1, -0.05) is 178 Å². The van der Waals surface area contributed by atoms with Gasteiger partial charge in [0.2, 0.25) is 0 Å². The molecule has 0 bridgehead atoms. The zero-order valence-corrected chi connectivity index (χ0v) is 37.3. The molecule has 0 saturated carbocycles. The molecule has 0 unspecified atom stereocenters. The Balaban J connectivity index is 1.16. The topological polar surface area (TPSA) is 16.4 Å². The van der Waals surface area contributed by atoms with E-state index in [1.54, 1.807) is 0 Å². The van der Waals surface area contributed by atoms with Crippen LogP contribution in [-0.4, -0.2) is 0 Å². The first kappa shape index (κ1) is 37.4. The van der Waals surface area contributed by atoms with Gasteiger partial charge < -0.3 is 9.32 Å². The summed E-state index contributed by atoms with van der Waals surface area (Å²) < 4.78 is 9.20. The van der Waals surface area contributed by atoms with Crippen LogP contribution in [0.5, 0.6) is 0 Å². The van der Waals surface area contributed by atoms with Gasteiger partial charge in [-0.05, 0) is 119 Å². The first-order valence-corrected chi connectivity index (χ1v) is 23.6. The van der Waals surface area contributed by atoms with E-state index in [4.69, 9.17) is 4.42 Å². The smallest absolute Gasteiger partial charge is 0.137 e. The summed E-state index contributed by atoms with van der Waals surface area (Å²) in [6, 6.07) is 78.8. The zero-order chi connectivity index (χ0) is 43.7. The van der Waals surface area contributed by atoms with Crippen LogP contribution in [0.3, 0.4) is 0 Å². The lowest BCUT2D eigenvalue weighted by Crippen LogP contribution is -2.16. The summed E-state index contributed by atoms with van der Waals surface area (Å²) >= 11 is 1.90. The second-order valence-corrected chi connectivity index (χ2v) is 19.4. The Labute approximate surface area is 385 Å². The molecular formula is C63H41NOS. The number of para-hydroxylation sites is 1. The van der Waals surface area contributed by atoms with Gasteiger partial charge in [0.15, 0.2) is 0 Å². The lowest BCUT2D eigenvalue weighted by atomic mass is 9.82. The van der Waals surface area contributed by atoms with Crippen molar-refractivity contribution in [3.8, 4) is 11.1 Å². The molecule has 1 aliphatic rings. The number of fused-ring (bicyclic) bond motifs is 20. The quantitative estimate of drug-likeness (QED) is 0.176. The molecule has 14 rings (SSSR count). The predicted molar refractivity (Wildman–Crippen MR) is 284 cm³/mol. The highest BCUT2D eigenvalue weighted by molar-refractivity contribution is 7.26. The molecule has 0 amide bonds. The molecule has 2 aromatic heterocycles. The molecule has 0 aliphatic heterocycles. The lowest BCUT2D eigenvalue weighted by molar-refractivity contribution is 0.660. The van der Waals surface area contributed by atoms with E-state index in [-0.39, 0.29) is 5.41 Å². The number of thiophene rings is 1. The molecule has 2 heterocycles. The summed E-state index contributed by atoms with van der Waals surface area (Å²) in [7, 11) is 0. The third-order valence-electron chi connectivity index (χ3n) is 14.5. The van der Waals surface area contributed by atoms with Crippen LogP contribution < -0.4 is 4.90 Å². The molecule has 0 fully saturated rings. The molecule has 0 N–H and O–H groups in total. The van der Waals surface area contributed by atoms with Crippen molar-refractivity contribution in [3.63, 3.8) is 0 Å². The number of furan rings is 1. The monoisotopic (exact) mass is 859 g/mol. The summed E-state index contributed by atoms with van der Waals surface area (Å²) in [5, 5.41) is 17.0. The van der Waals surface area contributed by atoms with E-state index in [0.29, 0.717) is 0 Å². The molecule has 2 nitrogen and oxygen atoms in total. The molecular weight excluding hydrogens is 819 g/mol. The van der Waals surface area contributed by atoms with Crippen molar-refractivity contribution in [2.75, 3.05) is 4.90 Å². The summed E-state index contributed by atoms with van der Waals surface area (Å²) in [6.07, 6.45) is 0. The highest BCUT2D eigenvalue weighted by Crippen LogP contribution is 2.52. The van der Waals surface area contributed by atoms with Crippen molar-refractivity contribution in [3.05, 3.63) is 223 Å². The van der Waals surface area contributed by atoms with Gasteiger partial charge in [-0.2, -0.15) is 0 Å². The fourth-order valence-corrected chi connectivity index (χ4v) is 12.7. The second kappa shape index (κ2) is 14.0. The molecule has 310 valence electrons. The largest absolute Gasteiger partial charge is 0.456 e. The van der Waals surface area contributed by atoms with E-state index in [1.165, 1.54) is 96.3 Å². The van der Waals surface area contributed by atoms with Crippen molar-refractivity contribution in [2.24, 2.45) is 0 Å². The Bertz CT molecular complexity index is 4280. The zero-order valence-electron chi connectivity index (χ0n) is 36.5. The molecule has 1 aliphatic carbocycles. The van der Waals surface area contributed by atoms with Crippen LogP contribution in [-0.2, 0) is 5.41 Å². The van der Waals surface area contributed by atoms with Gasteiger partial charge in [-0.3, -0.25) is 0 Å². The highest BCUT2D eigenvalue weighted by Gasteiger charge is 2.36. The maximum Gasteiger partial charge on any atom is 0.137 e. The molecule has 66 heavy (non-hydrogen) atoms. The minimum absolute atomic E-state index is 0.172. The van der Waals surface area contributed by atoms with Crippen molar-refractivity contribution in [1.82, 2.24) is 0 Å². The third-order valence-corrected chi connectivity index (χ3v) is 15.7. The van der Waals surface area contributed by atoms with E-state index in [2.05, 4.69) is 231 Å². The Hall–Kier alpha value is -7.98. The van der Waals surface area contributed by atoms with Crippen LogP contribution in [0.25, 0.3) is 107 Å². The maximum atomic E-state index is 6.59. The molecule has 0 atom stereocenters. The van der Waals surface area contributed by atoms with Crippen molar-refractivity contribution in [2.45, 2.75) is 19.3 Å². The normalized spacial score (nSPS) is 13.1. The Kier molecular flexibility index (Phi) is 7.94. The number of rotatable bonds is 3. The Morgan fingerprint density at radius 3 is 1.65 bits per heavy atom. The van der Waals surface area contributed by atoms with Gasteiger partial charge in [-0.25, -0.2) is 0 Å². The molecule has 0 spiro atoms. The average Bonchev–Trinajstić information content (AvgIpc) is 4.01. The van der Waals surface area contributed by atoms with E-state index in [1.807, 2.05) is 11.3 Å². The van der Waals surface area contributed by atoms with E-state index in [9.17, 15) is 0 Å². The van der Waals surface area contributed by atoms with E-state index < -0.39 is 0 Å². The summed E-state index contributed by atoms with van der Waals surface area (Å²) in [5.41, 5.74) is 10.1. The van der Waals surface area contributed by atoms with Crippen LogP contribution in [0.4, 0.5) is 17.1 Å². The minimum Gasteiger partial charge on any atom is -0.456 e. The van der Waals surface area contributed by atoms with E-state index >= 15 is 0 Å². The van der Waals surface area contributed by atoms with Crippen LogP contribution in [0.2, 0.25) is 0 Å². The average molecular weight is 860 g/mol. The van der Waals surface area contributed by atoms with Crippen LogP contribution in [0.15, 0.2) is 217 Å². The summed E-state index contributed by atoms with van der Waals surface area (Å²) in [4.78, 5) is 2.48. The van der Waals surface area contributed by atoms with Gasteiger partial charge in [0.05, 0.1) is 11.1 Å². The fourth-order valence-electron chi connectivity index (χ4n) is 11.5. The second-order valence-electron chi connectivity index (χ2n) is 18.3. The SMILES string of the molecule is CC1(C)c2ccccc2-c2ccc(N(c3ccc4c(c3)c3ccccc3c3ccccc3c3ccccc3c3c4ccc4c5ccccc5sc43)c3cccc4oc5ccccc5c34)cc21. The lowest BCUT2D eigenvalue weighted by Gasteiger charge is -2.29. The standard InChI is InChI=1S/C63H41NOS/c1-63(2)54-25-12-9-21-46(54)47-33-31-39(37-55(47)63)64(56-26-15-28-58-61(56)52-24-10-13-27-57(52)65-58)38-30-32-45-50-34-35-51-48-22-11-14-29-59(48)66-62(51)60(50)49-23-8-7-19-43(49)41-17-4-3-16-40(41)42-18-5-6-20-44(42)53(45)36-38/h3-37H,1-2H3. The number of nitrogens with zero attached hydrogens (tertiary/aromatic N) is 1. The molecule has 11 aromatic carbocycles. The maximum absolute atomic E-state index is 6.59. The predicted octanol–water partition coefficient (Wildman–Crippen LogP) is 18.6. The first-order chi connectivity index (χ1) is 32.5. The summed E-state index contributed by atoms with van der Waals surface area (Å²) in [6.45, 7) is 4.73. The fraction of sp³-hybridized carbons (Fsp3) is 0.0476. The minimum atomic E-state index is -0.172. The Morgan fingerprint density at radius 2 is 0.879 bits per heavy atom. The van der Waals surface area contributed by atoms with Gasteiger partial charge in [0.25, 0.3) is 0 Å². The van der Waals surface area contributed by atoms with Gasteiger partial charge in [0, 0.05) is 47.7 Å².